The number of ether oxygens (including phenoxy) is 1. The number of hydrogen-bond donors (Lipinski definition) is 0. The number of halogens is 1. The van der Waals surface area contributed by atoms with E-state index in [9.17, 15) is 14.0 Å². The Morgan fingerprint density at radius 3 is 2.56 bits per heavy atom. The van der Waals surface area contributed by atoms with Crippen molar-refractivity contribution in [2.75, 3.05) is 7.11 Å². The summed E-state index contributed by atoms with van der Waals surface area (Å²) in [5.41, 5.74) is 0.354. The summed E-state index contributed by atoms with van der Waals surface area (Å²) in [5, 5.41) is 0. The highest BCUT2D eigenvalue weighted by molar-refractivity contribution is 5.99. The maximum absolute atomic E-state index is 13.5. The molecule has 4 heteroatoms. The normalized spacial score (nSPS) is 16.7. The van der Waals surface area contributed by atoms with Crippen LogP contribution in [-0.2, 0) is 4.79 Å². The van der Waals surface area contributed by atoms with Gasteiger partial charge in [0.25, 0.3) is 0 Å². The molecule has 96 valence electrons. The molecule has 1 aromatic rings. The maximum atomic E-state index is 13.5. The van der Waals surface area contributed by atoms with Gasteiger partial charge in [0.05, 0.1) is 7.11 Å². The lowest BCUT2D eigenvalue weighted by molar-refractivity contribution is -0.120. The summed E-state index contributed by atoms with van der Waals surface area (Å²) in [6.45, 7) is 0. The minimum atomic E-state index is -0.532. The van der Waals surface area contributed by atoms with Gasteiger partial charge in [-0.1, -0.05) is 0 Å². The van der Waals surface area contributed by atoms with Gasteiger partial charge in [0.15, 0.2) is 17.3 Å². The molecule has 0 bridgehead atoms. The molecule has 0 aliphatic heterocycles. The molecule has 0 heterocycles. The fourth-order valence-electron chi connectivity index (χ4n) is 2.26. The van der Waals surface area contributed by atoms with Crippen molar-refractivity contribution in [2.24, 2.45) is 5.92 Å². The highest BCUT2D eigenvalue weighted by Crippen LogP contribution is 2.27. The molecule has 1 fully saturated rings. The van der Waals surface area contributed by atoms with Crippen LogP contribution in [0.4, 0.5) is 4.39 Å². The Labute approximate surface area is 105 Å². The van der Waals surface area contributed by atoms with Gasteiger partial charge in [-0.15, -0.1) is 0 Å². The van der Waals surface area contributed by atoms with Crippen molar-refractivity contribution in [1.82, 2.24) is 0 Å². The van der Waals surface area contributed by atoms with E-state index in [-0.39, 0.29) is 23.2 Å². The van der Waals surface area contributed by atoms with Crippen LogP contribution in [0.2, 0.25) is 0 Å². The largest absolute Gasteiger partial charge is 0.494 e. The van der Waals surface area contributed by atoms with Crippen LogP contribution >= 0.6 is 0 Å². The lowest BCUT2D eigenvalue weighted by Gasteiger charge is -2.19. The molecule has 0 unspecified atom stereocenters. The predicted octanol–water partition coefficient (Wildman–Crippen LogP) is 2.78. The molecule has 3 nitrogen and oxygen atoms in total. The Morgan fingerprint density at radius 1 is 1.33 bits per heavy atom. The second-order valence-corrected chi connectivity index (χ2v) is 4.53. The Bertz CT molecular complexity index is 472. The Morgan fingerprint density at radius 2 is 2.00 bits per heavy atom. The number of carbonyl (C=O) groups excluding carboxylic acids is 2. The van der Waals surface area contributed by atoms with Crippen LogP contribution in [0.5, 0.6) is 5.75 Å². The van der Waals surface area contributed by atoms with Gasteiger partial charge >= 0.3 is 0 Å². The van der Waals surface area contributed by atoms with Crippen molar-refractivity contribution in [2.45, 2.75) is 25.7 Å². The Balaban J connectivity index is 2.13. The number of rotatable bonds is 3. The zero-order valence-corrected chi connectivity index (χ0v) is 10.2. The zero-order valence-electron chi connectivity index (χ0n) is 10.2. The van der Waals surface area contributed by atoms with E-state index in [1.807, 2.05) is 0 Å². The topological polar surface area (TPSA) is 43.4 Å². The average Bonchev–Trinajstić information content (AvgIpc) is 2.38. The molecule has 0 amide bonds. The lowest BCUT2D eigenvalue weighted by Crippen LogP contribution is -2.22. The summed E-state index contributed by atoms with van der Waals surface area (Å²) >= 11 is 0. The highest BCUT2D eigenvalue weighted by Gasteiger charge is 2.26. The highest BCUT2D eigenvalue weighted by atomic mass is 19.1. The van der Waals surface area contributed by atoms with E-state index >= 15 is 0 Å². The van der Waals surface area contributed by atoms with Gasteiger partial charge in [0.1, 0.15) is 5.78 Å². The van der Waals surface area contributed by atoms with Crippen molar-refractivity contribution < 1.29 is 18.7 Å². The van der Waals surface area contributed by atoms with Crippen molar-refractivity contribution in [3.05, 3.63) is 29.6 Å². The van der Waals surface area contributed by atoms with E-state index in [4.69, 9.17) is 4.74 Å². The van der Waals surface area contributed by atoms with Crippen LogP contribution in [0.1, 0.15) is 36.0 Å². The molecule has 1 aromatic carbocycles. The SMILES string of the molecule is COc1ccc(C(=O)C2CCC(=O)CC2)cc1F. The van der Waals surface area contributed by atoms with Gasteiger partial charge in [0, 0.05) is 24.3 Å². The van der Waals surface area contributed by atoms with Crippen LogP contribution in [0.15, 0.2) is 18.2 Å². The lowest BCUT2D eigenvalue weighted by atomic mass is 9.83. The summed E-state index contributed by atoms with van der Waals surface area (Å²) in [4.78, 5) is 23.3. The fraction of sp³-hybridized carbons (Fsp3) is 0.429. The minimum Gasteiger partial charge on any atom is -0.494 e. The first-order chi connectivity index (χ1) is 8.61. The first-order valence-electron chi connectivity index (χ1n) is 6.01. The first kappa shape index (κ1) is 12.7. The van der Waals surface area contributed by atoms with E-state index in [2.05, 4.69) is 0 Å². The Hall–Kier alpha value is -1.71. The third-order valence-corrected chi connectivity index (χ3v) is 3.35. The number of ketones is 2. The smallest absolute Gasteiger partial charge is 0.166 e. The van der Waals surface area contributed by atoms with E-state index in [0.717, 1.165) is 0 Å². The summed E-state index contributed by atoms with van der Waals surface area (Å²) in [6.07, 6.45) is 2.06. The molecule has 18 heavy (non-hydrogen) atoms. The first-order valence-corrected chi connectivity index (χ1v) is 6.01. The molecule has 0 saturated heterocycles. The second-order valence-electron chi connectivity index (χ2n) is 4.53. The molecule has 1 aliphatic carbocycles. The number of Topliss-reactive ketones (excluding diaryl/α,β-unsaturated/α-hetero) is 2. The molecule has 2 rings (SSSR count). The molecular weight excluding hydrogens is 235 g/mol. The van der Waals surface area contributed by atoms with Crippen LogP contribution in [0.25, 0.3) is 0 Å². The minimum absolute atomic E-state index is 0.0796. The van der Waals surface area contributed by atoms with E-state index in [1.165, 1.54) is 19.2 Å². The van der Waals surface area contributed by atoms with E-state index in [0.29, 0.717) is 31.2 Å². The van der Waals surface area contributed by atoms with Gasteiger partial charge < -0.3 is 4.74 Å². The molecule has 0 spiro atoms. The van der Waals surface area contributed by atoms with Crippen molar-refractivity contribution in [3.63, 3.8) is 0 Å². The summed E-state index contributed by atoms with van der Waals surface area (Å²) in [6, 6.07) is 4.23. The molecule has 0 atom stereocenters. The van der Waals surface area contributed by atoms with Gasteiger partial charge in [-0.25, -0.2) is 4.39 Å². The van der Waals surface area contributed by atoms with Crippen LogP contribution in [0, 0.1) is 11.7 Å². The molecule has 0 aromatic heterocycles. The fourth-order valence-corrected chi connectivity index (χ4v) is 2.26. The van der Waals surface area contributed by atoms with Crippen molar-refractivity contribution in [3.8, 4) is 5.75 Å². The monoisotopic (exact) mass is 250 g/mol. The maximum Gasteiger partial charge on any atom is 0.166 e. The second kappa shape index (κ2) is 5.29. The number of hydrogen-bond acceptors (Lipinski definition) is 3. The third kappa shape index (κ3) is 2.58. The van der Waals surface area contributed by atoms with Crippen LogP contribution < -0.4 is 4.74 Å². The molecule has 0 radical (unpaired) electrons. The summed E-state index contributed by atoms with van der Waals surface area (Å²) < 4.78 is 18.3. The third-order valence-electron chi connectivity index (χ3n) is 3.35. The quantitative estimate of drug-likeness (QED) is 0.775. The van der Waals surface area contributed by atoms with E-state index < -0.39 is 5.82 Å². The van der Waals surface area contributed by atoms with Crippen molar-refractivity contribution >= 4 is 11.6 Å². The molecule has 1 aliphatic rings. The average molecular weight is 250 g/mol. The Kier molecular flexibility index (Phi) is 3.75. The van der Waals surface area contributed by atoms with E-state index in [1.54, 1.807) is 6.07 Å². The number of benzene rings is 1. The van der Waals surface area contributed by atoms with Gasteiger partial charge in [-0.05, 0) is 31.0 Å². The van der Waals surface area contributed by atoms with Crippen molar-refractivity contribution in [1.29, 1.82) is 0 Å². The summed E-state index contributed by atoms with van der Waals surface area (Å²) in [7, 11) is 1.38. The van der Waals surface area contributed by atoms with Gasteiger partial charge in [-0.2, -0.15) is 0 Å². The van der Waals surface area contributed by atoms with Gasteiger partial charge in [0.2, 0.25) is 0 Å². The number of carbonyl (C=O) groups is 2. The van der Waals surface area contributed by atoms with Crippen LogP contribution in [-0.4, -0.2) is 18.7 Å². The summed E-state index contributed by atoms with van der Waals surface area (Å²) in [5.74, 6) is -0.430. The predicted molar refractivity (Wildman–Crippen MR) is 64.2 cm³/mol. The van der Waals surface area contributed by atoms with Gasteiger partial charge in [-0.3, -0.25) is 9.59 Å². The zero-order chi connectivity index (χ0) is 13.1. The molecule has 1 saturated carbocycles. The molecule has 0 N–H and O–H groups in total. The standard InChI is InChI=1S/C14H15FO3/c1-18-13-7-4-10(8-12(13)15)14(17)9-2-5-11(16)6-3-9/h4,7-9H,2-3,5-6H2,1H3. The number of methoxy groups -OCH3 is 1. The van der Waals surface area contributed by atoms with Crippen LogP contribution in [0.3, 0.4) is 0 Å². The molecular formula is C14H15FO3.